The molecule has 3 aromatic carbocycles. The first-order chi connectivity index (χ1) is 15.4. The SMILES string of the molecule is COC(=O)c1cccc(-c2cc(CN(C)Sc3ccc(F)cc3)ccc2OCC(=O)O)c1. The first-order valence-electron chi connectivity index (χ1n) is 9.66. The number of nitrogens with zero attached hydrogens (tertiary/aromatic N) is 1. The molecule has 3 rings (SSSR count). The van der Waals surface area contributed by atoms with Gasteiger partial charge >= 0.3 is 11.9 Å². The van der Waals surface area contributed by atoms with E-state index in [9.17, 15) is 14.0 Å². The average Bonchev–Trinajstić information content (AvgIpc) is 2.79. The highest BCUT2D eigenvalue weighted by Gasteiger charge is 2.14. The van der Waals surface area contributed by atoms with Crippen LogP contribution in [0.1, 0.15) is 15.9 Å². The Kier molecular flexibility index (Phi) is 7.86. The predicted octanol–water partition coefficient (Wildman–Crippen LogP) is 4.88. The van der Waals surface area contributed by atoms with Gasteiger partial charge in [0.25, 0.3) is 0 Å². The van der Waals surface area contributed by atoms with Gasteiger partial charge in [0.15, 0.2) is 6.61 Å². The van der Waals surface area contributed by atoms with Gasteiger partial charge in [-0.05, 0) is 78.7 Å². The molecule has 0 aliphatic heterocycles. The normalized spacial score (nSPS) is 10.8. The van der Waals surface area contributed by atoms with Gasteiger partial charge in [-0.15, -0.1) is 0 Å². The maximum absolute atomic E-state index is 13.1. The topological polar surface area (TPSA) is 76.1 Å². The van der Waals surface area contributed by atoms with Gasteiger partial charge in [-0.25, -0.2) is 18.3 Å². The number of hydrogen-bond donors (Lipinski definition) is 1. The van der Waals surface area contributed by atoms with Gasteiger partial charge in [-0.1, -0.05) is 18.2 Å². The van der Waals surface area contributed by atoms with Gasteiger partial charge in [0, 0.05) is 17.0 Å². The highest BCUT2D eigenvalue weighted by molar-refractivity contribution is 7.97. The number of carbonyl (C=O) groups is 2. The number of ether oxygens (including phenoxy) is 2. The zero-order chi connectivity index (χ0) is 23.1. The number of methoxy groups -OCH3 is 1. The highest BCUT2D eigenvalue weighted by Crippen LogP contribution is 2.33. The molecule has 0 radical (unpaired) electrons. The molecule has 0 aliphatic rings. The molecule has 0 spiro atoms. The first kappa shape index (κ1) is 23.3. The molecule has 0 atom stereocenters. The van der Waals surface area contributed by atoms with E-state index in [1.807, 2.05) is 29.6 Å². The first-order valence-corrected chi connectivity index (χ1v) is 10.4. The van der Waals surface area contributed by atoms with Crippen molar-refractivity contribution in [1.29, 1.82) is 0 Å². The molecule has 1 N–H and O–H groups in total. The van der Waals surface area contributed by atoms with Crippen LogP contribution in [0.25, 0.3) is 11.1 Å². The van der Waals surface area contributed by atoms with Crippen LogP contribution in [-0.2, 0) is 16.1 Å². The van der Waals surface area contributed by atoms with Crippen molar-refractivity contribution < 1.29 is 28.6 Å². The van der Waals surface area contributed by atoms with Crippen LogP contribution in [0.15, 0.2) is 71.6 Å². The maximum atomic E-state index is 13.1. The Hall–Kier alpha value is -3.36. The molecule has 32 heavy (non-hydrogen) atoms. The molecular weight excluding hydrogens is 433 g/mol. The Bertz CT molecular complexity index is 1100. The number of halogens is 1. The molecule has 0 heterocycles. The van der Waals surface area contributed by atoms with E-state index < -0.39 is 18.5 Å². The van der Waals surface area contributed by atoms with Crippen LogP contribution in [-0.4, -0.2) is 42.1 Å². The Morgan fingerprint density at radius 3 is 2.50 bits per heavy atom. The molecule has 6 nitrogen and oxygen atoms in total. The summed E-state index contributed by atoms with van der Waals surface area (Å²) in [6.45, 7) is 0.0777. The van der Waals surface area contributed by atoms with Crippen molar-refractivity contribution in [3.05, 3.63) is 83.7 Å². The molecule has 8 heteroatoms. The van der Waals surface area contributed by atoms with Crippen molar-refractivity contribution >= 4 is 23.9 Å². The summed E-state index contributed by atoms with van der Waals surface area (Å²) >= 11 is 1.47. The highest BCUT2D eigenvalue weighted by atomic mass is 32.2. The molecule has 0 amide bonds. The second-order valence-electron chi connectivity index (χ2n) is 6.92. The predicted molar refractivity (Wildman–Crippen MR) is 120 cm³/mol. The molecule has 0 saturated carbocycles. The molecule has 166 valence electrons. The Balaban J connectivity index is 1.88. The summed E-state index contributed by atoms with van der Waals surface area (Å²) in [5.74, 6) is -1.44. The van der Waals surface area contributed by atoms with Crippen molar-refractivity contribution in [1.82, 2.24) is 4.31 Å². The van der Waals surface area contributed by atoms with Crippen molar-refractivity contribution in [2.75, 3.05) is 20.8 Å². The number of rotatable bonds is 9. The number of carbonyl (C=O) groups excluding carboxylic acids is 1. The third kappa shape index (κ3) is 6.32. The van der Waals surface area contributed by atoms with Crippen LogP contribution >= 0.6 is 11.9 Å². The van der Waals surface area contributed by atoms with Gasteiger partial charge in [0.1, 0.15) is 11.6 Å². The van der Waals surface area contributed by atoms with E-state index in [1.54, 1.807) is 36.4 Å². The summed E-state index contributed by atoms with van der Waals surface area (Å²) in [6.07, 6.45) is 0. The lowest BCUT2D eigenvalue weighted by molar-refractivity contribution is -0.139. The summed E-state index contributed by atoms with van der Waals surface area (Å²) in [5.41, 5.74) is 2.69. The number of esters is 1. The lowest BCUT2D eigenvalue weighted by Gasteiger charge is -2.18. The largest absolute Gasteiger partial charge is 0.481 e. The fourth-order valence-corrected chi connectivity index (χ4v) is 3.89. The Morgan fingerprint density at radius 2 is 1.81 bits per heavy atom. The zero-order valence-corrected chi connectivity index (χ0v) is 18.4. The van der Waals surface area contributed by atoms with E-state index in [-0.39, 0.29) is 5.82 Å². The molecule has 0 aromatic heterocycles. The smallest absolute Gasteiger partial charge is 0.341 e. The van der Waals surface area contributed by atoms with E-state index in [0.717, 1.165) is 10.5 Å². The zero-order valence-electron chi connectivity index (χ0n) is 17.6. The minimum Gasteiger partial charge on any atom is -0.481 e. The fourth-order valence-electron chi connectivity index (χ4n) is 3.06. The Labute approximate surface area is 189 Å². The van der Waals surface area contributed by atoms with Crippen LogP contribution in [0.3, 0.4) is 0 Å². The van der Waals surface area contributed by atoms with Crippen molar-refractivity contribution in [2.45, 2.75) is 11.4 Å². The van der Waals surface area contributed by atoms with Crippen molar-refractivity contribution in [3.8, 4) is 16.9 Å². The fraction of sp³-hybridized carbons (Fsp3) is 0.167. The molecule has 3 aromatic rings. The molecule has 0 bridgehead atoms. The lowest BCUT2D eigenvalue weighted by Crippen LogP contribution is -2.11. The number of hydrogen-bond acceptors (Lipinski definition) is 6. The standard InChI is InChI=1S/C24H22FNO5S/c1-26(32-20-9-7-19(25)8-10-20)14-16-6-11-22(31-15-23(27)28)21(12-16)17-4-3-5-18(13-17)24(29)30-2/h3-13H,14-15H2,1-2H3,(H,27,28). The van der Waals surface area contributed by atoms with Crippen molar-refractivity contribution in [3.63, 3.8) is 0 Å². The van der Waals surface area contributed by atoms with E-state index in [4.69, 9.17) is 14.6 Å². The summed E-state index contributed by atoms with van der Waals surface area (Å²) < 4.78 is 25.4. The van der Waals surface area contributed by atoms with Gasteiger partial charge < -0.3 is 14.6 Å². The van der Waals surface area contributed by atoms with E-state index in [2.05, 4.69) is 0 Å². The van der Waals surface area contributed by atoms with E-state index in [1.165, 1.54) is 31.2 Å². The quantitative estimate of drug-likeness (QED) is 0.364. The molecule has 0 aliphatic carbocycles. The molecule has 0 saturated heterocycles. The average molecular weight is 456 g/mol. The summed E-state index contributed by atoms with van der Waals surface area (Å²) in [6, 6.07) is 18.6. The maximum Gasteiger partial charge on any atom is 0.341 e. The van der Waals surface area contributed by atoms with Gasteiger partial charge in [-0.3, -0.25) is 0 Å². The van der Waals surface area contributed by atoms with Gasteiger partial charge in [0.2, 0.25) is 0 Å². The summed E-state index contributed by atoms with van der Waals surface area (Å²) in [7, 11) is 3.23. The molecule has 0 fully saturated rings. The number of aliphatic carboxylic acids is 1. The third-order valence-electron chi connectivity index (χ3n) is 4.47. The van der Waals surface area contributed by atoms with E-state index >= 15 is 0 Å². The number of carboxylic acids is 1. The van der Waals surface area contributed by atoms with Crippen LogP contribution in [0.5, 0.6) is 5.75 Å². The van der Waals surface area contributed by atoms with Crippen molar-refractivity contribution in [2.24, 2.45) is 0 Å². The summed E-state index contributed by atoms with van der Waals surface area (Å²) in [5, 5.41) is 9.00. The third-order valence-corrected chi connectivity index (χ3v) is 5.39. The van der Waals surface area contributed by atoms with Crippen LogP contribution in [0, 0.1) is 5.82 Å². The number of carboxylic acid groups (broad SMARTS) is 1. The summed E-state index contributed by atoms with van der Waals surface area (Å²) in [4.78, 5) is 23.8. The molecular formula is C24H22FNO5S. The minimum absolute atomic E-state index is 0.284. The van der Waals surface area contributed by atoms with Crippen LogP contribution < -0.4 is 4.74 Å². The Morgan fingerprint density at radius 1 is 1.06 bits per heavy atom. The monoisotopic (exact) mass is 455 g/mol. The number of benzene rings is 3. The molecule has 0 unspecified atom stereocenters. The second-order valence-corrected chi connectivity index (χ2v) is 8.19. The lowest BCUT2D eigenvalue weighted by atomic mass is 10.00. The minimum atomic E-state index is -1.08. The van der Waals surface area contributed by atoms with Crippen LogP contribution in [0.2, 0.25) is 0 Å². The van der Waals surface area contributed by atoms with E-state index in [0.29, 0.717) is 29.0 Å². The van der Waals surface area contributed by atoms with Gasteiger partial charge in [0.05, 0.1) is 12.7 Å². The van der Waals surface area contributed by atoms with Gasteiger partial charge in [-0.2, -0.15) is 0 Å². The second kappa shape index (κ2) is 10.8. The van der Waals surface area contributed by atoms with Crippen LogP contribution in [0.4, 0.5) is 4.39 Å².